The molecule has 1 N–H and O–H groups in total. The van der Waals surface area contributed by atoms with Crippen molar-refractivity contribution in [1.29, 1.82) is 0 Å². The average molecular weight is 130 g/mol. The Morgan fingerprint density at radius 2 is 2.11 bits per heavy atom. The maximum Gasteiger partial charge on any atom is 0.370 e. The van der Waals surface area contributed by atoms with E-state index in [9.17, 15) is 4.79 Å². The smallest absolute Gasteiger partial charge is 0.370 e. The van der Waals surface area contributed by atoms with Crippen molar-refractivity contribution >= 4 is 5.97 Å². The maximum atomic E-state index is 10.0. The molecule has 0 aliphatic heterocycles. The monoisotopic (exact) mass is 130 g/mol. The van der Waals surface area contributed by atoms with Crippen LogP contribution in [-0.4, -0.2) is 17.2 Å². The van der Waals surface area contributed by atoms with Crippen LogP contribution in [0.1, 0.15) is 13.8 Å². The number of hydrogen-bond acceptors (Lipinski definition) is 2. The second-order valence-electron chi connectivity index (χ2n) is 1.89. The highest BCUT2D eigenvalue weighted by Crippen LogP contribution is 1.97. The van der Waals surface area contributed by atoms with Crippen molar-refractivity contribution in [3.8, 4) is 0 Å². The van der Waals surface area contributed by atoms with Gasteiger partial charge in [0.25, 0.3) is 0 Å². The molecule has 0 aromatic heterocycles. The van der Waals surface area contributed by atoms with Crippen molar-refractivity contribution in [2.75, 3.05) is 0 Å². The molecule has 0 heterocycles. The van der Waals surface area contributed by atoms with Gasteiger partial charge in [-0.15, -0.1) is 0 Å². The highest BCUT2D eigenvalue weighted by Gasteiger charge is 2.05. The van der Waals surface area contributed by atoms with Crippen molar-refractivity contribution in [3.05, 3.63) is 12.3 Å². The van der Waals surface area contributed by atoms with E-state index in [0.29, 0.717) is 0 Å². The van der Waals surface area contributed by atoms with Crippen molar-refractivity contribution in [2.45, 2.75) is 20.0 Å². The minimum atomic E-state index is -1.11. The summed E-state index contributed by atoms with van der Waals surface area (Å²) in [5.41, 5.74) is 0. The van der Waals surface area contributed by atoms with Gasteiger partial charge in [0, 0.05) is 0 Å². The second-order valence-corrected chi connectivity index (χ2v) is 1.89. The quantitative estimate of drug-likeness (QED) is 0.458. The molecule has 0 radical (unpaired) electrons. The van der Waals surface area contributed by atoms with E-state index in [4.69, 9.17) is 9.84 Å². The van der Waals surface area contributed by atoms with Crippen LogP contribution >= 0.6 is 0 Å². The normalized spacial score (nSPS) is 9.22. The van der Waals surface area contributed by atoms with Crippen LogP contribution in [0.4, 0.5) is 0 Å². The Labute approximate surface area is 53.9 Å². The Kier molecular flexibility index (Phi) is 2.78. The van der Waals surface area contributed by atoms with Crippen LogP contribution < -0.4 is 0 Å². The minimum absolute atomic E-state index is 0.117. The maximum absolute atomic E-state index is 10.0. The molecule has 0 atom stereocenters. The largest absolute Gasteiger partial charge is 0.484 e. The second kappa shape index (κ2) is 3.12. The predicted molar refractivity (Wildman–Crippen MR) is 33.0 cm³/mol. The van der Waals surface area contributed by atoms with Crippen LogP contribution in [0.5, 0.6) is 0 Å². The van der Waals surface area contributed by atoms with E-state index in [1.54, 1.807) is 13.8 Å². The summed E-state index contributed by atoms with van der Waals surface area (Å²) in [6.45, 7) is 6.66. The molecule has 3 heteroatoms. The van der Waals surface area contributed by atoms with Crippen LogP contribution in [0.3, 0.4) is 0 Å². The molecular weight excluding hydrogens is 120 g/mol. The Morgan fingerprint density at radius 1 is 1.67 bits per heavy atom. The number of hydrogen-bond donors (Lipinski definition) is 1. The summed E-state index contributed by atoms with van der Waals surface area (Å²) < 4.78 is 4.72. The number of carboxylic acid groups (broad SMARTS) is 1. The molecular formula is C6H10O3. The summed E-state index contributed by atoms with van der Waals surface area (Å²) in [6.07, 6.45) is -0.117. The van der Waals surface area contributed by atoms with Gasteiger partial charge in [-0.3, -0.25) is 0 Å². The van der Waals surface area contributed by atoms with E-state index >= 15 is 0 Å². The first-order valence-corrected chi connectivity index (χ1v) is 2.63. The van der Waals surface area contributed by atoms with Gasteiger partial charge in [0.2, 0.25) is 0 Å². The lowest BCUT2D eigenvalue weighted by molar-refractivity contribution is -0.137. The van der Waals surface area contributed by atoms with Crippen molar-refractivity contribution in [1.82, 2.24) is 0 Å². The molecule has 0 spiro atoms. The van der Waals surface area contributed by atoms with Crippen LogP contribution in [0, 0.1) is 0 Å². The van der Waals surface area contributed by atoms with Crippen molar-refractivity contribution in [3.63, 3.8) is 0 Å². The molecule has 0 amide bonds. The molecule has 0 bridgehead atoms. The minimum Gasteiger partial charge on any atom is -0.484 e. The Balaban J connectivity index is 3.65. The molecule has 0 aromatic carbocycles. The van der Waals surface area contributed by atoms with Crippen LogP contribution in [0.15, 0.2) is 12.3 Å². The van der Waals surface area contributed by atoms with E-state index in [1.807, 2.05) is 0 Å². The zero-order valence-corrected chi connectivity index (χ0v) is 5.55. The third-order valence-electron chi connectivity index (χ3n) is 0.616. The summed E-state index contributed by atoms with van der Waals surface area (Å²) >= 11 is 0. The lowest BCUT2D eigenvalue weighted by atomic mass is 10.4. The average Bonchev–Trinajstić information content (AvgIpc) is 1.63. The third kappa shape index (κ3) is 3.58. The topological polar surface area (TPSA) is 46.5 Å². The molecule has 3 nitrogen and oxygen atoms in total. The van der Waals surface area contributed by atoms with Crippen LogP contribution in [0.25, 0.3) is 0 Å². The predicted octanol–water partition coefficient (Wildman–Crippen LogP) is 1.01. The highest BCUT2D eigenvalue weighted by molar-refractivity contribution is 5.83. The summed E-state index contributed by atoms with van der Waals surface area (Å²) in [5.74, 6) is -1.31. The molecule has 0 aliphatic carbocycles. The first-order valence-electron chi connectivity index (χ1n) is 2.63. The van der Waals surface area contributed by atoms with Crippen LogP contribution in [-0.2, 0) is 9.53 Å². The van der Waals surface area contributed by atoms with Gasteiger partial charge in [0.1, 0.15) is 0 Å². The van der Waals surface area contributed by atoms with E-state index in [1.165, 1.54) is 0 Å². The van der Waals surface area contributed by atoms with Gasteiger partial charge < -0.3 is 9.84 Å². The van der Waals surface area contributed by atoms with E-state index in [2.05, 4.69) is 6.58 Å². The fourth-order valence-electron chi connectivity index (χ4n) is 0.335. The van der Waals surface area contributed by atoms with Crippen molar-refractivity contribution in [2.24, 2.45) is 0 Å². The number of carbonyl (C=O) groups is 1. The molecule has 0 aliphatic rings. The van der Waals surface area contributed by atoms with Crippen LogP contribution in [0.2, 0.25) is 0 Å². The SMILES string of the molecule is C=C(OC(C)C)C(=O)O. The third-order valence-corrected chi connectivity index (χ3v) is 0.616. The molecule has 0 rings (SSSR count). The summed E-state index contributed by atoms with van der Waals surface area (Å²) in [6, 6.07) is 0. The fourth-order valence-corrected chi connectivity index (χ4v) is 0.335. The fraction of sp³-hybridized carbons (Fsp3) is 0.500. The number of ether oxygens (including phenoxy) is 1. The van der Waals surface area contributed by atoms with Gasteiger partial charge in [0.15, 0.2) is 5.76 Å². The summed E-state index contributed by atoms with van der Waals surface area (Å²) in [7, 11) is 0. The number of rotatable bonds is 3. The summed E-state index contributed by atoms with van der Waals surface area (Å²) in [4.78, 5) is 10.0. The van der Waals surface area contributed by atoms with E-state index < -0.39 is 5.97 Å². The van der Waals surface area contributed by atoms with Gasteiger partial charge in [-0.05, 0) is 20.4 Å². The zero-order chi connectivity index (χ0) is 7.44. The first-order chi connectivity index (χ1) is 4.04. The Morgan fingerprint density at radius 3 is 2.22 bits per heavy atom. The van der Waals surface area contributed by atoms with Gasteiger partial charge >= 0.3 is 5.97 Å². The van der Waals surface area contributed by atoms with Gasteiger partial charge in [0.05, 0.1) is 6.10 Å². The lowest BCUT2D eigenvalue weighted by Crippen LogP contribution is -2.08. The van der Waals surface area contributed by atoms with E-state index in [0.717, 1.165) is 0 Å². The molecule has 9 heavy (non-hydrogen) atoms. The van der Waals surface area contributed by atoms with Gasteiger partial charge in [-0.2, -0.15) is 0 Å². The Hall–Kier alpha value is -0.990. The molecule has 0 unspecified atom stereocenters. The number of carboxylic acids is 1. The molecule has 52 valence electrons. The molecule has 0 fully saturated rings. The molecule has 0 saturated heterocycles. The lowest BCUT2D eigenvalue weighted by Gasteiger charge is -2.07. The Bertz CT molecular complexity index is 126. The van der Waals surface area contributed by atoms with E-state index in [-0.39, 0.29) is 11.9 Å². The van der Waals surface area contributed by atoms with Gasteiger partial charge in [-0.25, -0.2) is 4.79 Å². The zero-order valence-electron chi connectivity index (χ0n) is 5.55. The molecule has 0 aromatic rings. The summed E-state index contributed by atoms with van der Waals surface area (Å²) in [5, 5.41) is 8.21. The molecule has 0 saturated carbocycles. The number of aliphatic carboxylic acids is 1. The first kappa shape index (κ1) is 8.01. The van der Waals surface area contributed by atoms with Crippen molar-refractivity contribution < 1.29 is 14.6 Å². The van der Waals surface area contributed by atoms with Gasteiger partial charge in [-0.1, -0.05) is 0 Å². The highest BCUT2D eigenvalue weighted by atomic mass is 16.5. The standard InChI is InChI=1S/C6H10O3/c1-4(2)9-5(3)6(7)8/h4H,3H2,1-2H3,(H,7,8).